The number of nitro groups is 1. The summed E-state index contributed by atoms with van der Waals surface area (Å²) in [6.45, 7) is 1.75. The Morgan fingerprint density at radius 1 is 0.900 bits per heavy atom. The van der Waals surface area contributed by atoms with Gasteiger partial charge in [-0.05, 0) is 42.8 Å². The molecule has 0 aliphatic heterocycles. The van der Waals surface area contributed by atoms with Gasteiger partial charge in [-0.1, -0.05) is 12.1 Å². The molecule has 3 N–H and O–H groups in total. The van der Waals surface area contributed by atoms with E-state index in [2.05, 4.69) is 16.2 Å². The molecule has 0 spiro atoms. The van der Waals surface area contributed by atoms with Crippen molar-refractivity contribution in [2.45, 2.75) is 6.92 Å². The Balaban J connectivity index is 1.67. The highest BCUT2D eigenvalue weighted by Gasteiger charge is 2.15. The molecule has 0 atom stereocenters. The van der Waals surface area contributed by atoms with Crippen LogP contribution in [-0.4, -0.2) is 22.6 Å². The van der Waals surface area contributed by atoms with E-state index >= 15 is 0 Å². The number of amides is 3. The summed E-state index contributed by atoms with van der Waals surface area (Å²) in [6, 6.07) is 12.8. The lowest BCUT2D eigenvalue weighted by molar-refractivity contribution is -0.384. The van der Waals surface area contributed by atoms with E-state index in [9.17, 15) is 24.5 Å². The predicted molar refractivity (Wildman–Crippen MR) is 106 cm³/mol. The molecule has 30 heavy (non-hydrogen) atoms. The van der Waals surface area contributed by atoms with Gasteiger partial charge in [0.15, 0.2) is 5.76 Å². The lowest BCUT2D eigenvalue weighted by Crippen LogP contribution is -2.41. The lowest BCUT2D eigenvalue weighted by atomic mass is 10.1. The first kappa shape index (κ1) is 20.3. The van der Waals surface area contributed by atoms with Crippen LogP contribution >= 0.6 is 0 Å². The average molecular weight is 408 g/mol. The number of nitro benzene ring substituents is 1. The minimum absolute atomic E-state index is 0.0137. The molecule has 0 saturated carbocycles. The van der Waals surface area contributed by atoms with Gasteiger partial charge in [-0.25, -0.2) is 0 Å². The van der Waals surface area contributed by atoms with Crippen molar-refractivity contribution < 1.29 is 23.7 Å². The first-order valence-corrected chi connectivity index (χ1v) is 8.66. The van der Waals surface area contributed by atoms with E-state index < -0.39 is 22.6 Å². The van der Waals surface area contributed by atoms with E-state index in [0.717, 1.165) is 6.07 Å². The Labute approximate surface area is 170 Å². The summed E-state index contributed by atoms with van der Waals surface area (Å²) >= 11 is 0. The van der Waals surface area contributed by atoms with Crippen LogP contribution in [0.15, 0.2) is 65.3 Å². The number of aryl methyl sites for hydroxylation is 1. The number of benzene rings is 2. The quantitative estimate of drug-likeness (QED) is 0.437. The molecule has 1 heterocycles. The van der Waals surface area contributed by atoms with Crippen LogP contribution < -0.4 is 16.2 Å². The number of furan rings is 1. The van der Waals surface area contributed by atoms with Crippen LogP contribution in [0.1, 0.15) is 36.8 Å². The third-order valence-electron chi connectivity index (χ3n) is 4.10. The molecule has 3 rings (SSSR count). The number of anilines is 1. The van der Waals surface area contributed by atoms with Gasteiger partial charge in [0.25, 0.3) is 23.4 Å². The fourth-order valence-electron chi connectivity index (χ4n) is 2.51. The normalized spacial score (nSPS) is 10.2. The van der Waals surface area contributed by atoms with Gasteiger partial charge in [0, 0.05) is 28.9 Å². The fraction of sp³-hybridized carbons (Fsp3) is 0.0500. The molecule has 0 aliphatic carbocycles. The Bertz CT molecular complexity index is 1120. The molecule has 0 fully saturated rings. The molecule has 10 heteroatoms. The summed E-state index contributed by atoms with van der Waals surface area (Å²) in [4.78, 5) is 46.8. The van der Waals surface area contributed by atoms with Gasteiger partial charge in [0.1, 0.15) is 0 Å². The van der Waals surface area contributed by atoms with Crippen molar-refractivity contribution in [1.29, 1.82) is 0 Å². The molecule has 0 unspecified atom stereocenters. The molecule has 3 aromatic rings. The van der Waals surface area contributed by atoms with Gasteiger partial charge < -0.3 is 9.73 Å². The van der Waals surface area contributed by atoms with Crippen molar-refractivity contribution in [2.24, 2.45) is 0 Å². The number of carbonyl (C=O) groups excluding carboxylic acids is 3. The molecule has 0 radical (unpaired) electrons. The maximum atomic E-state index is 12.4. The molecule has 152 valence electrons. The van der Waals surface area contributed by atoms with Crippen molar-refractivity contribution in [1.82, 2.24) is 10.9 Å². The topological polar surface area (TPSA) is 144 Å². The Morgan fingerprint density at radius 3 is 2.23 bits per heavy atom. The average Bonchev–Trinajstić information content (AvgIpc) is 3.28. The number of hydrazine groups is 1. The zero-order valence-corrected chi connectivity index (χ0v) is 15.7. The van der Waals surface area contributed by atoms with E-state index in [1.165, 1.54) is 42.7 Å². The summed E-state index contributed by atoms with van der Waals surface area (Å²) < 4.78 is 5.03. The number of nitrogens with zero attached hydrogens (tertiary/aromatic N) is 1. The molecule has 2 aromatic carbocycles. The van der Waals surface area contributed by atoms with Gasteiger partial charge in [-0.2, -0.15) is 0 Å². The summed E-state index contributed by atoms with van der Waals surface area (Å²) in [7, 11) is 0. The highest BCUT2D eigenvalue weighted by Crippen LogP contribution is 2.18. The Hall–Kier alpha value is -4.47. The molecule has 3 amide bonds. The SMILES string of the molecule is Cc1ccc(C(=O)NNC(=O)c2cccc([N+](=O)[O-])c2)cc1NC(=O)c1ccco1. The largest absolute Gasteiger partial charge is 0.459 e. The van der Waals surface area contributed by atoms with Crippen LogP contribution in [0, 0.1) is 17.0 Å². The number of rotatable bonds is 5. The van der Waals surface area contributed by atoms with Crippen LogP contribution in [0.3, 0.4) is 0 Å². The number of non-ortho nitro benzene ring substituents is 1. The van der Waals surface area contributed by atoms with Crippen LogP contribution in [-0.2, 0) is 0 Å². The van der Waals surface area contributed by atoms with Gasteiger partial charge in [0.05, 0.1) is 11.2 Å². The molecule has 0 bridgehead atoms. The smallest absolute Gasteiger partial charge is 0.291 e. The first-order chi connectivity index (χ1) is 14.3. The standard InChI is InChI=1S/C20H16N4O6/c1-12-7-8-14(11-16(12)21-20(27)17-6-3-9-30-17)19(26)23-22-18(25)13-4-2-5-15(10-13)24(28)29/h2-11H,1H3,(H,21,27)(H,22,25)(H,23,26). The van der Waals surface area contributed by atoms with Crippen molar-refractivity contribution in [3.05, 3.63) is 93.4 Å². The Morgan fingerprint density at radius 2 is 1.60 bits per heavy atom. The summed E-state index contributed by atoms with van der Waals surface area (Å²) in [5.41, 5.74) is 5.49. The predicted octanol–water partition coefficient (Wildman–Crippen LogP) is 2.82. The maximum absolute atomic E-state index is 12.4. The number of carbonyl (C=O) groups is 3. The molecular weight excluding hydrogens is 392 g/mol. The van der Waals surface area contributed by atoms with Gasteiger partial charge in [-0.15, -0.1) is 0 Å². The summed E-state index contributed by atoms with van der Waals surface area (Å²) in [6.07, 6.45) is 1.37. The van der Waals surface area contributed by atoms with E-state index in [1.807, 2.05) is 0 Å². The minimum Gasteiger partial charge on any atom is -0.459 e. The molecule has 0 saturated heterocycles. The minimum atomic E-state index is -0.717. The van der Waals surface area contributed by atoms with E-state index in [4.69, 9.17) is 4.42 Å². The van der Waals surface area contributed by atoms with E-state index in [-0.39, 0.29) is 22.6 Å². The summed E-state index contributed by atoms with van der Waals surface area (Å²) in [5, 5.41) is 13.5. The summed E-state index contributed by atoms with van der Waals surface area (Å²) in [5.74, 6) is -1.71. The molecular formula is C20H16N4O6. The third kappa shape index (κ3) is 4.68. The van der Waals surface area contributed by atoms with E-state index in [0.29, 0.717) is 11.3 Å². The third-order valence-corrected chi connectivity index (χ3v) is 4.10. The van der Waals surface area contributed by atoms with Gasteiger partial charge >= 0.3 is 0 Å². The molecule has 1 aromatic heterocycles. The number of nitrogens with one attached hydrogen (secondary N) is 3. The Kier molecular flexibility index (Phi) is 5.87. The molecule has 10 nitrogen and oxygen atoms in total. The monoisotopic (exact) mass is 408 g/mol. The zero-order valence-electron chi connectivity index (χ0n) is 15.7. The highest BCUT2D eigenvalue weighted by atomic mass is 16.6. The van der Waals surface area contributed by atoms with Crippen LogP contribution in [0.5, 0.6) is 0 Å². The highest BCUT2D eigenvalue weighted by molar-refractivity contribution is 6.04. The van der Waals surface area contributed by atoms with Crippen molar-refractivity contribution in [3.8, 4) is 0 Å². The van der Waals surface area contributed by atoms with E-state index in [1.54, 1.807) is 19.1 Å². The maximum Gasteiger partial charge on any atom is 0.291 e. The number of hydrogen-bond donors (Lipinski definition) is 3. The van der Waals surface area contributed by atoms with Crippen molar-refractivity contribution in [2.75, 3.05) is 5.32 Å². The van der Waals surface area contributed by atoms with Crippen LogP contribution in [0.2, 0.25) is 0 Å². The van der Waals surface area contributed by atoms with Crippen molar-refractivity contribution >= 4 is 29.1 Å². The first-order valence-electron chi connectivity index (χ1n) is 8.66. The van der Waals surface area contributed by atoms with Gasteiger partial charge in [-0.3, -0.25) is 35.3 Å². The zero-order chi connectivity index (χ0) is 21.7. The molecule has 0 aliphatic rings. The fourth-order valence-corrected chi connectivity index (χ4v) is 2.51. The van der Waals surface area contributed by atoms with Gasteiger partial charge in [0.2, 0.25) is 0 Å². The second-order valence-corrected chi connectivity index (χ2v) is 6.18. The second kappa shape index (κ2) is 8.69. The van der Waals surface area contributed by atoms with Crippen LogP contribution in [0.25, 0.3) is 0 Å². The lowest BCUT2D eigenvalue weighted by Gasteiger charge is -2.11. The number of hydrogen-bond acceptors (Lipinski definition) is 6. The second-order valence-electron chi connectivity index (χ2n) is 6.18. The van der Waals surface area contributed by atoms with Crippen molar-refractivity contribution in [3.63, 3.8) is 0 Å². The van der Waals surface area contributed by atoms with Crippen LogP contribution in [0.4, 0.5) is 11.4 Å².